The summed E-state index contributed by atoms with van der Waals surface area (Å²) in [6, 6.07) is 4.31. The zero-order valence-corrected chi connectivity index (χ0v) is 12.0. The highest BCUT2D eigenvalue weighted by molar-refractivity contribution is 9.10. The zero-order valence-electron chi connectivity index (χ0n) is 10.4. The standard InChI is InChI=1S/C13H17BrN4/c1-9-3-2-4-18(12(9)7-16)13-10(6-15)5-11(14)8-17-13/h5,8-9,12H,2-4,7,16H2,1H3. The van der Waals surface area contributed by atoms with Gasteiger partial charge in [-0.1, -0.05) is 6.92 Å². The lowest BCUT2D eigenvalue weighted by Gasteiger charge is -2.40. The molecule has 4 nitrogen and oxygen atoms in total. The van der Waals surface area contributed by atoms with Crippen LogP contribution in [-0.4, -0.2) is 24.1 Å². The third-order valence-corrected chi connectivity index (χ3v) is 4.02. The van der Waals surface area contributed by atoms with E-state index in [-0.39, 0.29) is 6.04 Å². The smallest absolute Gasteiger partial charge is 0.146 e. The van der Waals surface area contributed by atoms with Crippen LogP contribution in [0, 0.1) is 17.2 Å². The molecule has 0 bridgehead atoms. The number of piperidine rings is 1. The SMILES string of the molecule is CC1CCCN(c2ncc(Br)cc2C#N)C1CN. The molecule has 2 N–H and O–H groups in total. The molecule has 2 unspecified atom stereocenters. The van der Waals surface area contributed by atoms with E-state index in [1.165, 1.54) is 6.42 Å². The molecule has 1 aromatic heterocycles. The summed E-state index contributed by atoms with van der Waals surface area (Å²) in [5.74, 6) is 1.31. The molecule has 2 atom stereocenters. The fourth-order valence-corrected chi connectivity index (χ4v) is 2.95. The van der Waals surface area contributed by atoms with E-state index in [4.69, 9.17) is 5.73 Å². The molecule has 0 saturated carbocycles. The normalized spacial score (nSPS) is 23.8. The van der Waals surface area contributed by atoms with E-state index in [1.54, 1.807) is 6.20 Å². The lowest BCUT2D eigenvalue weighted by Crippen LogP contribution is -2.49. The van der Waals surface area contributed by atoms with Gasteiger partial charge in [-0.2, -0.15) is 5.26 Å². The van der Waals surface area contributed by atoms with Crippen LogP contribution in [0.5, 0.6) is 0 Å². The van der Waals surface area contributed by atoms with E-state index in [0.29, 0.717) is 18.0 Å². The van der Waals surface area contributed by atoms with Gasteiger partial charge in [0.15, 0.2) is 0 Å². The second-order valence-electron chi connectivity index (χ2n) is 4.75. The predicted molar refractivity (Wildman–Crippen MR) is 75.2 cm³/mol. The Bertz CT molecular complexity index is 469. The van der Waals surface area contributed by atoms with Gasteiger partial charge < -0.3 is 10.6 Å². The van der Waals surface area contributed by atoms with Crippen molar-refractivity contribution in [2.45, 2.75) is 25.8 Å². The van der Waals surface area contributed by atoms with Gasteiger partial charge in [0.1, 0.15) is 11.9 Å². The first-order chi connectivity index (χ1) is 8.67. The second kappa shape index (κ2) is 5.68. The Labute approximate surface area is 116 Å². The maximum atomic E-state index is 9.23. The van der Waals surface area contributed by atoms with Crippen molar-refractivity contribution < 1.29 is 0 Å². The Balaban J connectivity index is 2.38. The molecule has 1 saturated heterocycles. The first-order valence-electron chi connectivity index (χ1n) is 6.19. The van der Waals surface area contributed by atoms with Gasteiger partial charge in [-0.3, -0.25) is 0 Å². The van der Waals surface area contributed by atoms with Gasteiger partial charge in [0, 0.05) is 29.8 Å². The third kappa shape index (κ3) is 2.50. The highest BCUT2D eigenvalue weighted by Gasteiger charge is 2.29. The average Bonchev–Trinajstić information content (AvgIpc) is 2.38. The van der Waals surface area contributed by atoms with Gasteiger partial charge in [0.25, 0.3) is 0 Å². The molecule has 96 valence electrons. The van der Waals surface area contributed by atoms with Crippen LogP contribution in [0.1, 0.15) is 25.3 Å². The number of anilines is 1. The van der Waals surface area contributed by atoms with Gasteiger partial charge in [0.2, 0.25) is 0 Å². The van der Waals surface area contributed by atoms with E-state index in [9.17, 15) is 5.26 Å². The van der Waals surface area contributed by atoms with E-state index < -0.39 is 0 Å². The number of rotatable bonds is 2. The van der Waals surface area contributed by atoms with Crippen molar-refractivity contribution in [2.75, 3.05) is 18.0 Å². The molecule has 5 heteroatoms. The Morgan fingerprint density at radius 2 is 2.44 bits per heavy atom. The molecule has 0 radical (unpaired) electrons. The second-order valence-corrected chi connectivity index (χ2v) is 5.67. The van der Waals surface area contributed by atoms with Crippen LogP contribution in [-0.2, 0) is 0 Å². The number of pyridine rings is 1. The summed E-state index contributed by atoms with van der Waals surface area (Å²) in [7, 11) is 0. The highest BCUT2D eigenvalue weighted by atomic mass is 79.9. The van der Waals surface area contributed by atoms with Gasteiger partial charge in [0.05, 0.1) is 5.56 Å². The van der Waals surface area contributed by atoms with Gasteiger partial charge in [-0.15, -0.1) is 0 Å². The summed E-state index contributed by atoms with van der Waals surface area (Å²) in [5, 5.41) is 9.23. The molecule has 1 aliphatic heterocycles. The van der Waals surface area contributed by atoms with Crippen LogP contribution < -0.4 is 10.6 Å². The summed E-state index contributed by atoms with van der Waals surface area (Å²) >= 11 is 3.35. The lowest BCUT2D eigenvalue weighted by atomic mass is 9.90. The lowest BCUT2D eigenvalue weighted by molar-refractivity contribution is 0.348. The van der Waals surface area contributed by atoms with Crippen LogP contribution in [0.4, 0.5) is 5.82 Å². The Kier molecular flexibility index (Phi) is 4.20. The van der Waals surface area contributed by atoms with Gasteiger partial charge in [-0.25, -0.2) is 4.98 Å². The zero-order chi connectivity index (χ0) is 13.1. The number of nitriles is 1. The van der Waals surface area contributed by atoms with E-state index in [1.807, 2.05) is 6.07 Å². The Hall–Kier alpha value is -1.12. The Morgan fingerprint density at radius 1 is 1.67 bits per heavy atom. The maximum Gasteiger partial charge on any atom is 0.146 e. The van der Waals surface area contributed by atoms with Crippen molar-refractivity contribution in [3.63, 3.8) is 0 Å². The Morgan fingerprint density at radius 3 is 3.11 bits per heavy atom. The molecule has 0 aromatic carbocycles. The van der Waals surface area contributed by atoms with Crippen LogP contribution in [0.3, 0.4) is 0 Å². The summed E-state index contributed by atoms with van der Waals surface area (Å²) < 4.78 is 0.831. The van der Waals surface area contributed by atoms with Crippen molar-refractivity contribution in [1.82, 2.24) is 4.98 Å². The third-order valence-electron chi connectivity index (χ3n) is 3.58. The number of nitrogens with zero attached hydrogens (tertiary/aromatic N) is 3. The summed E-state index contributed by atoms with van der Waals surface area (Å²) in [4.78, 5) is 6.60. The number of nitrogens with two attached hydrogens (primary N) is 1. The maximum absolute atomic E-state index is 9.23. The van der Waals surface area contributed by atoms with Crippen molar-refractivity contribution in [3.05, 3.63) is 22.3 Å². The topological polar surface area (TPSA) is 65.9 Å². The minimum Gasteiger partial charge on any atom is -0.351 e. The van der Waals surface area contributed by atoms with E-state index in [0.717, 1.165) is 23.3 Å². The summed E-state index contributed by atoms with van der Waals surface area (Å²) in [5.41, 5.74) is 6.49. The van der Waals surface area contributed by atoms with Crippen LogP contribution in [0.15, 0.2) is 16.7 Å². The summed E-state index contributed by atoms with van der Waals surface area (Å²) in [6.45, 7) is 3.74. The van der Waals surface area contributed by atoms with Gasteiger partial charge >= 0.3 is 0 Å². The van der Waals surface area contributed by atoms with E-state index in [2.05, 4.69) is 38.8 Å². The molecule has 1 aromatic rings. The van der Waals surface area contributed by atoms with Crippen molar-refractivity contribution in [2.24, 2.45) is 11.7 Å². The molecule has 0 spiro atoms. The number of hydrogen-bond donors (Lipinski definition) is 1. The first kappa shape index (κ1) is 13.3. The monoisotopic (exact) mass is 308 g/mol. The fraction of sp³-hybridized carbons (Fsp3) is 0.538. The van der Waals surface area contributed by atoms with Crippen LogP contribution >= 0.6 is 15.9 Å². The summed E-state index contributed by atoms with van der Waals surface area (Å²) in [6.07, 6.45) is 4.06. The molecule has 2 heterocycles. The number of hydrogen-bond acceptors (Lipinski definition) is 4. The molecule has 2 rings (SSSR count). The first-order valence-corrected chi connectivity index (χ1v) is 6.99. The van der Waals surface area contributed by atoms with Crippen molar-refractivity contribution in [3.8, 4) is 6.07 Å². The average molecular weight is 309 g/mol. The van der Waals surface area contributed by atoms with Crippen LogP contribution in [0.2, 0.25) is 0 Å². The molecule has 1 fully saturated rings. The molecular formula is C13H17BrN4. The van der Waals surface area contributed by atoms with Crippen molar-refractivity contribution in [1.29, 1.82) is 5.26 Å². The van der Waals surface area contributed by atoms with Crippen LogP contribution in [0.25, 0.3) is 0 Å². The molecule has 0 amide bonds. The minimum atomic E-state index is 0.277. The largest absolute Gasteiger partial charge is 0.351 e. The van der Waals surface area contributed by atoms with Crippen molar-refractivity contribution >= 4 is 21.7 Å². The predicted octanol–water partition coefficient (Wildman–Crippen LogP) is 2.28. The number of aromatic nitrogens is 1. The quantitative estimate of drug-likeness (QED) is 0.910. The fourth-order valence-electron chi connectivity index (χ4n) is 2.61. The highest BCUT2D eigenvalue weighted by Crippen LogP contribution is 2.29. The molecular weight excluding hydrogens is 292 g/mol. The molecule has 1 aliphatic rings. The van der Waals surface area contributed by atoms with Gasteiger partial charge in [-0.05, 0) is 40.8 Å². The molecule has 18 heavy (non-hydrogen) atoms. The van der Waals surface area contributed by atoms with E-state index >= 15 is 0 Å². The minimum absolute atomic E-state index is 0.277. The molecule has 0 aliphatic carbocycles. The number of halogens is 1.